The Kier molecular flexibility index (Phi) is 7.45. The van der Waals surface area contributed by atoms with E-state index in [4.69, 9.17) is 9.84 Å². The zero-order valence-corrected chi connectivity index (χ0v) is 17.6. The van der Waals surface area contributed by atoms with Gasteiger partial charge in [-0.25, -0.2) is 17.5 Å². The normalized spacial score (nSPS) is 11.4. The predicted octanol–water partition coefficient (Wildman–Crippen LogP) is 4.76. The first-order valence-corrected chi connectivity index (χ1v) is 11.2. The van der Waals surface area contributed by atoms with Crippen molar-refractivity contribution in [3.63, 3.8) is 0 Å². The summed E-state index contributed by atoms with van der Waals surface area (Å²) in [6, 6.07) is 25.0. The predicted molar refractivity (Wildman–Crippen MR) is 121 cm³/mol. The fourth-order valence-electron chi connectivity index (χ4n) is 3.01. The van der Waals surface area contributed by atoms with Gasteiger partial charge in [0, 0.05) is 5.41 Å². The van der Waals surface area contributed by atoms with E-state index in [1.807, 2.05) is 18.2 Å². The van der Waals surface area contributed by atoms with Crippen LogP contribution in [0.15, 0.2) is 96.4 Å². The van der Waals surface area contributed by atoms with E-state index in [1.54, 1.807) is 72.8 Å². The Balaban J connectivity index is 1.71. The number of aliphatic carboxylic acids is 1. The molecule has 160 valence electrons. The van der Waals surface area contributed by atoms with Gasteiger partial charge in [0.1, 0.15) is 5.75 Å². The number of aryl methyl sites for hydroxylation is 1. The van der Waals surface area contributed by atoms with Gasteiger partial charge in [0.2, 0.25) is 0 Å². The molecular formula is C24H23NO5S. The highest BCUT2D eigenvalue weighted by Gasteiger charge is 2.21. The quantitative estimate of drug-likeness (QED) is 0.494. The number of allylic oxidation sites excluding steroid dienone is 1. The van der Waals surface area contributed by atoms with Crippen LogP contribution in [0.5, 0.6) is 5.75 Å². The first-order valence-electron chi connectivity index (χ1n) is 9.71. The molecule has 0 saturated heterocycles. The van der Waals surface area contributed by atoms with E-state index < -0.39 is 22.6 Å². The third kappa shape index (κ3) is 6.45. The number of ether oxygens (including phenoxy) is 1. The zero-order valence-electron chi connectivity index (χ0n) is 16.8. The molecule has 0 aliphatic heterocycles. The van der Waals surface area contributed by atoms with Crippen molar-refractivity contribution in [2.45, 2.75) is 12.8 Å². The van der Waals surface area contributed by atoms with E-state index in [1.165, 1.54) is 9.71 Å². The molecule has 0 radical (unpaired) electrons. The van der Waals surface area contributed by atoms with Gasteiger partial charge in [-0.2, -0.15) is 0 Å². The van der Waals surface area contributed by atoms with Crippen molar-refractivity contribution in [3.05, 3.63) is 102 Å². The second kappa shape index (κ2) is 10.4. The van der Waals surface area contributed by atoms with E-state index in [9.17, 15) is 13.2 Å². The minimum absolute atomic E-state index is 0.406. The minimum Gasteiger partial charge on any atom is -0.482 e. The highest BCUT2D eigenvalue weighted by molar-refractivity contribution is 7.96. The van der Waals surface area contributed by atoms with Gasteiger partial charge in [-0.1, -0.05) is 54.6 Å². The summed E-state index contributed by atoms with van der Waals surface area (Å²) in [6.45, 7) is -0.406. The zero-order chi connectivity index (χ0) is 22.1. The summed E-state index contributed by atoms with van der Waals surface area (Å²) in [4.78, 5) is 10.6. The van der Waals surface area contributed by atoms with Crippen LogP contribution in [-0.2, 0) is 21.2 Å². The van der Waals surface area contributed by atoms with Crippen molar-refractivity contribution in [2.75, 3.05) is 10.9 Å². The second-order valence-corrected chi connectivity index (χ2v) is 8.39. The maximum absolute atomic E-state index is 13.1. The lowest BCUT2D eigenvalue weighted by Crippen LogP contribution is -2.23. The molecule has 0 unspecified atom stereocenters. The van der Waals surface area contributed by atoms with Gasteiger partial charge >= 0.3 is 5.97 Å². The van der Waals surface area contributed by atoms with Gasteiger partial charge in [0.25, 0.3) is 10.0 Å². The van der Waals surface area contributed by atoms with Crippen molar-refractivity contribution in [1.29, 1.82) is 0 Å². The average molecular weight is 438 g/mol. The maximum Gasteiger partial charge on any atom is 0.341 e. The van der Waals surface area contributed by atoms with Crippen LogP contribution in [0, 0.1) is 0 Å². The number of carbonyl (C=O) groups is 1. The SMILES string of the molecule is O=C(O)COc1cccc(CCC=CS(=O)(=O)N(c2ccccc2)c2ccccc2)c1. The van der Waals surface area contributed by atoms with E-state index in [-0.39, 0.29) is 0 Å². The van der Waals surface area contributed by atoms with Crippen molar-refractivity contribution in [1.82, 2.24) is 0 Å². The summed E-state index contributed by atoms with van der Waals surface area (Å²) >= 11 is 0. The molecule has 3 rings (SSSR count). The molecule has 7 heteroatoms. The van der Waals surface area contributed by atoms with Crippen LogP contribution in [0.4, 0.5) is 11.4 Å². The van der Waals surface area contributed by atoms with Crippen LogP contribution < -0.4 is 9.04 Å². The Hall–Kier alpha value is -3.58. The summed E-state index contributed by atoms with van der Waals surface area (Å²) in [5.74, 6) is -0.573. The second-order valence-electron chi connectivity index (χ2n) is 6.72. The van der Waals surface area contributed by atoms with E-state index in [0.29, 0.717) is 30.0 Å². The Morgan fingerprint density at radius 3 is 2.10 bits per heavy atom. The molecule has 31 heavy (non-hydrogen) atoms. The number of hydrogen-bond acceptors (Lipinski definition) is 4. The summed E-state index contributed by atoms with van der Waals surface area (Å²) < 4.78 is 32.7. The Bertz CT molecular complexity index is 1090. The molecular weight excluding hydrogens is 414 g/mol. The smallest absolute Gasteiger partial charge is 0.341 e. The third-order valence-electron chi connectivity index (χ3n) is 4.36. The number of nitrogens with zero attached hydrogens (tertiary/aromatic N) is 1. The summed E-state index contributed by atoms with van der Waals surface area (Å²) in [5, 5.41) is 9.93. The number of hydrogen-bond donors (Lipinski definition) is 1. The summed E-state index contributed by atoms with van der Waals surface area (Å²) in [6.07, 6.45) is 2.71. The molecule has 0 aliphatic rings. The van der Waals surface area contributed by atoms with Crippen molar-refractivity contribution >= 4 is 27.4 Å². The monoisotopic (exact) mass is 437 g/mol. The molecule has 6 nitrogen and oxygen atoms in total. The van der Waals surface area contributed by atoms with Crippen molar-refractivity contribution in [3.8, 4) is 5.75 Å². The van der Waals surface area contributed by atoms with E-state index >= 15 is 0 Å². The standard InChI is InChI=1S/C24H23NO5S/c26-24(27)19-30-23-16-9-11-20(18-23)10-7-8-17-31(28,29)25(21-12-3-1-4-13-21)22-14-5-2-6-15-22/h1-6,8-9,11-18H,7,10,19H2,(H,26,27). The first-order chi connectivity index (χ1) is 15.0. The fraction of sp³-hybridized carbons (Fsp3) is 0.125. The molecule has 1 N–H and O–H groups in total. The number of anilines is 2. The number of benzene rings is 3. The highest BCUT2D eigenvalue weighted by atomic mass is 32.2. The van der Waals surface area contributed by atoms with Gasteiger partial charge in [-0.15, -0.1) is 0 Å². The fourth-order valence-corrected chi connectivity index (χ4v) is 4.34. The largest absolute Gasteiger partial charge is 0.482 e. The molecule has 0 aliphatic carbocycles. The van der Waals surface area contributed by atoms with Crippen LogP contribution >= 0.6 is 0 Å². The molecule has 0 saturated carbocycles. The highest BCUT2D eigenvalue weighted by Crippen LogP contribution is 2.29. The molecule has 0 spiro atoms. The number of carboxylic acids is 1. The number of carboxylic acid groups (broad SMARTS) is 1. The van der Waals surface area contributed by atoms with Crippen LogP contribution in [0.1, 0.15) is 12.0 Å². The van der Waals surface area contributed by atoms with Crippen LogP contribution in [0.2, 0.25) is 0 Å². The number of rotatable bonds is 10. The molecule has 0 heterocycles. The van der Waals surface area contributed by atoms with E-state index in [0.717, 1.165) is 5.56 Å². The van der Waals surface area contributed by atoms with Gasteiger partial charge in [-0.3, -0.25) is 0 Å². The molecule has 0 aromatic heterocycles. The molecule has 3 aromatic rings. The topological polar surface area (TPSA) is 83.9 Å². The minimum atomic E-state index is -3.75. The molecule has 0 fully saturated rings. The van der Waals surface area contributed by atoms with E-state index in [2.05, 4.69) is 0 Å². The molecule has 0 bridgehead atoms. The summed E-state index contributed by atoms with van der Waals surface area (Å²) in [5.41, 5.74) is 2.04. The third-order valence-corrected chi connectivity index (χ3v) is 5.83. The molecule has 3 aromatic carbocycles. The van der Waals surface area contributed by atoms with Crippen LogP contribution in [0.25, 0.3) is 0 Å². The Labute approximate surface area is 182 Å². The Morgan fingerprint density at radius 1 is 0.903 bits per heavy atom. The lowest BCUT2D eigenvalue weighted by molar-refractivity contribution is -0.139. The lowest BCUT2D eigenvalue weighted by atomic mass is 10.1. The molecule has 0 atom stereocenters. The maximum atomic E-state index is 13.1. The van der Waals surface area contributed by atoms with Crippen LogP contribution in [-0.4, -0.2) is 26.1 Å². The Morgan fingerprint density at radius 2 is 1.52 bits per heavy atom. The number of sulfonamides is 1. The van der Waals surface area contributed by atoms with Crippen LogP contribution in [0.3, 0.4) is 0 Å². The van der Waals surface area contributed by atoms with Gasteiger partial charge < -0.3 is 9.84 Å². The summed E-state index contributed by atoms with van der Waals surface area (Å²) in [7, 11) is -3.75. The van der Waals surface area contributed by atoms with Crippen molar-refractivity contribution in [2.24, 2.45) is 0 Å². The first kappa shape index (κ1) is 22.1. The van der Waals surface area contributed by atoms with Gasteiger partial charge in [-0.05, 0) is 54.8 Å². The average Bonchev–Trinajstić information content (AvgIpc) is 2.77. The van der Waals surface area contributed by atoms with Gasteiger partial charge in [0.05, 0.1) is 11.4 Å². The molecule has 0 amide bonds. The van der Waals surface area contributed by atoms with Gasteiger partial charge in [0.15, 0.2) is 6.61 Å². The number of para-hydroxylation sites is 2. The lowest BCUT2D eigenvalue weighted by Gasteiger charge is -2.22. The van der Waals surface area contributed by atoms with Crippen molar-refractivity contribution < 1.29 is 23.1 Å².